The third-order valence-electron chi connectivity index (χ3n) is 3.55. The van der Waals surface area contributed by atoms with E-state index in [4.69, 9.17) is 0 Å². The van der Waals surface area contributed by atoms with Gasteiger partial charge in [-0.1, -0.05) is 27.2 Å². The summed E-state index contributed by atoms with van der Waals surface area (Å²) in [4.78, 5) is 11.4. The van der Waals surface area contributed by atoms with Gasteiger partial charge in [0.15, 0.2) is 0 Å². The molecule has 0 aromatic carbocycles. The van der Waals surface area contributed by atoms with Crippen molar-refractivity contribution in [1.29, 1.82) is 0 Å². The number of nitrogens with one attached hydrogen (secondary N) is 1. The second kappa shape index (κ2) is 3.89. The molecule has 1 fully saturated rings. The van der Waals surface area contributed by atoms with Crippen LogP contribution in [-0.2, 0) is 4.79 Å². The first-order valence-corrected chi connectivity index (χ1v) is 5.45. The fourth-order valence-corrected chi connectivity index (χ4v) is 2.49. The minimum Gasteiger partial charge on any atom is -0.480 e. The van der Waals surface area contributed by atoms with E-state index in [2.05, 4.69) is 26.1 Å². The lowest BCUT2D eigenvalue weighted by Gasteiger charge is -2.38. The highest BCUT2D eigenvalue weighted by molar-refractivity contribution is 5.80. The van der Waals surface area contributed by atoms with E-state index in [0.717, 1.165) is 32.2 Å². The van der Waals surface area contributed by atoms with Gasteiger partial charge in [0.1, 0.15) is 5.54 Å². The highest BCUT2D eigenvalue weighted by atomic mass is 16.4. The molecule has 1 atom stereocenters. The summed E-state index contributed by atoms with van der Waals surface area (Å²) >= 11 is 0. The Bertz CT molecular complexity index is 225. The first-order chi connectivity index (χ1) is 6.46. The predicted molar refractivity (Wildman–Crippen MR) is 56.3 cm³/mol. The van der Waals surface area contributed by atoms with Crippen LogP contribution < -0.4 is 5.32 Å². The molecule has 0 aromatic heterocycles. The van der Waals surface area contributed by atoms with E-state index >= 15 is 0 Å². The molecule has 0 amide bonds. The summed E-state index contributed by atoms with van der Waals surface area (Å²) in [6.07, 6.45) is 3.74. The molecule has 0 spiro atoms. The molecule has 0 bridgehead atoms. The zero-order valence-electron chi connectivity index (χ0n) is 9.39. The first kappa shape index (κ1) is 11.5. The number of carboxylic acids is 1. The van der Waals surface area contributed by atoms with E-state index < -0.39 is 11.5 Å². The van der Waals surface area contributed by atoms with Gasteiger partial charge in [0.05, 0.1) is 0 Å². The Morgan fingerprint density at radius 2 is 2.07 bits per heavy atom. The van der Waals surface area contributed by atoms with Gasteiger partial charge >= 0.3 is 5.97 Å². The van der Waals surface area contributed by atoms with Crippen molar-refractivity contribution in [3.05, 3.63) is 0 Å². The lowest BCUT2D eigenvalue weighted by atomic mass is 9.75. The standard InChI is InChI=1S/C11H21NO2/c1-4-8-12-11(9(13)14)7-5-6-10(11,2)3/h12H,4-8H2,1-3H3,(H,13,14). The Morgan fingerprint density at radius 1 is 1.43 bits per heavy atom. The summed E-state index contributed by atoms with van der Waals surface area (Å²) in [6.45, 7) is 6.95. The van der Waals surface area contributed by atoms with Gasteiger partial charge in [0, 0.05) is 0 Å². The fraction of sp³-hybridized carbons (Fsp3) is 0.909. The van der Waals surface area contributed by atoms with Gasteiger partial charge < -0.3 is 10.4 Å². The first-order valence-electron chi connectivity index (χ1n) is 5.45. The minimum atomic E-state index is -0.691. The van der Waals surface area contributed by atoms with Crippen molar-refractivity contribution in [2.45, 2.75) is 52.0 Å². The normalized spacial score (nSPS) is 30.5. The Hall–Kier alpha value is -0.570. The van der Waals surface area contributed by atoms with Gasteiger partial charge in [0.25, 0.3) is 0 Å². The highest BCUT2D eigenvalue weighted by Crippen LogP contribution is 2.46. The second-order valence-electron chi connectivity index (χ2n) is 4.87. The molecule has 1 aliphatic carbocycles. The molecule has 82 valence electrons. The van der Waals surface area contributed by atoms with Crippen molar-refractivity contribution in [3.8, 4) is 0 Å². The molecule has 3 heteroatoms. The van der Waals surface area contributed by atoms with Crippen LogP contribution in [0.4, 0.5) is 0 Å². The summed E-state index contributed by atoms with van der Waals surface area (Å²) in [5.41, 5.74) is -0.822. The Balaban J connectivity index is 2.86. The quantitative estimate of drug-likeness (QED) is 0.728. The molecule has 2 N–H and O–H groups in total. The Kier molecular flexibility index (Phi) is 3.20. The summed E-state index contributed by atoms with van der Waals surface area (Å²) in [5.74, 6) is -0.687. The molecule has 0 heterocycles. The minimum absolute atomic E-state index is 0.131. The molecule has 3 nitrogen and oxygen atoms in total. The Labute approximate surface area is 85.9 Å². The van der Waals surface area contributed by atoms with Gasteiger partial charge in [-0.25, -0.2) is 0 Å². The fourth-order valence-electron chi connectivity index (χ4n) is 2.49. The van der Waals surface area contributed by atoms with Crippen LogP contribution in [0.3, 0.4) is 0 Å². The second-order valence-corrected chi connectivity index (χ2v) is 4.87. The zero-order valence-corrected chi connectivity index (χ0v) is 9.39. The molecular formula is C11H21NO2. The largest absolute Gasteiger partial charge is 0.480 e. The molecule has 1 rings (SSSR count). The lowest BCUT2D eigenvalue weighted by Crippen LogP contribution is -2.58. The molecule has 14 heavy (non-hydrogen) atoms. The smallest absolute Gasteiger partial charge is 0.324 e. The third kappa shape index (κ3) is 1.65. The van der Waals surface area contributed by atoms with Crippen LogP contribution in [0, 0.1) is 5.41 Å². The van der Waals surface area contributed by atoms with E-state index in [9.17, 15) is 9.90 Å². The molecule has 0 radical (unpaired) electrons. The summed E-state index contributed by atoms with van der Waals surface area (Å²) in [7, 11) is 0. The predicted octanol–water partition coefficient (Wildman–Crippen LogP) is 2.02. The number of carboxylic acid groups (broad SMARTS) is 1. The van der Waals surface area contributed by atoms with E-state index in [1.54, 1.807) is 0 Å². The third-order valence-corrected chi connectivity index (χ3v) is 3.55. The SMILES string of the molecule is CCCNC1(C(=O)O)CCCC1(C)C. The van der Waals surface area contributed by atoms with Crippen LogP contribution in [0.5, 0.6) is 0 Å². The number of hydrogen-bond donors (Lipinski definition) is 2. The lowest BCUT2D eigenvalue weighted by molar-refractivity contribution is -0.149. The molecule has 0 saturated heterocycles. The Morgan fingerprint density at radius 3 is 2.43 bits per heavy atom. The average Bonchev–Trinajstić information content (AvgIpc) is 2.38. The molecule has 0 aliphatic heterocycles. The van der Waals surface area contributed by atoms with Gasteiger partial charge in [-0.3, -0.25) is 4.79 Å². The highest BCUT2D eigenvalue weighted by Gasteiger charge is 2.53. The number of carbonyl (C=O) groups is 1. The number of rotatable bonds is 4. The van der Waals surface area contributed by atoms with Crippen LogP contribution in [0.15, 0.2) is 0 Å². The van der Waals surface area contributed by atoms with Crippen molar-refractivity contribution in [3.63, 3.8) is 0 Å². The van der Waals surface area contributed by atoms with E-state index in [0.29, 0.717) is 0 Å². The molecular weight excluding hydrogens is 178 g/mol. The summed E-state index contributed by atoms with van der Waals surface area (Å²) in [5, 5.41) is 12.6. The van der Waals surface area contributed by atoms with E-state index in [-0.39, 0.29) is 5.41 Å². The van der Waals surface area contributed by atoms with E-state index in [1.165, 1.54) is 0 Å². The average molecular weight is 199 g/mol. The van der Waals surface area contributed by atoms with Gasteiger partial charge in [-0.15, -0.1) is 0 Å². The van der Waals surface area contributed by atoms with Gasteiger partial charge in [-0.2, -0.15) is 0 Å². The van der Waals surface area contributed by atoms with Crippen LogP contribution in [-0.4, -0.2) is 23.2 Å². The summed E-state index contributed by atoms with van der Waals surface area (Å²) in [6, 6.07) is 0. The van der Waals surface area contributed by atoms with Crippen LogP contribution in [0.25, 0.3) is 0 Å². The number of hydrogen-bond acceptors (Lipinski definition) is 2. The van der Waals surface area contributed by atoms with Crippen molar-refractivity contribution in [1.82, 2.24) is 5.32 Å². The maximum atomic E-state index is 11.4. The van der Waals surface area contributed by atoms with Gasteiger partial charge in [0.2, 0.25) is 0 Å². The molecule has 1 aliphatic rings. The van der Waals surface area contributed by atoms with E-state index in [1.807, 2.05) is 0 Å². The number of aliphatic carboxylic acids is 1. The van der Waals surface area contributed by atoms with Crippen molar-refractivity contribution in [2.24, 2.45) is 5.41 Å². The monoisotopic (exact) mass is 199 g/mol. The zero-order chi connectivity index (χ0) is 10.8. The van der Waals surface area contributed by atoms with Gasteiger partial charge in [-0.05, 0) is 31.2 Å². The van der Waals surface area contributed by atoms with Crippen LogP contribution in [0.2, 0.25) is 0 Å². The topological polar surface area (TPSA) is 49.3 Å². The summed E-state index contributed by atoms with van der Waals surface area (Å²) < 4.78 is 0. The van der Waals surface area contributed by atoms with Crippen LogP contribution in [0.1, 0.15) is 46.5 Å². The van der Waals surface area contributed by atoms with Crippen LogP contribution >= 0.6 is 0 Å². The van der Waals surface area contributed by atoms with Crippen molar-refractivity contribution >= 4 is 5.97 Å². The van der Waals surface area contributed by atoms with Crippen molar-refractivity contribution in [2.75, 3.05) is 6.54 Å². The maximum absolute atomic E-state index is 11.4. The molecule has 0 aromatic rings. The molecule has 1 unspecified atom stereocenters. The maximum Gasteiger partial charge on any atom is 0.324 e. The van der Waals surface area contributed by atoms with Crippen molar-refractivity contribution < 1.29 is 9.90 Å². The molecule has 1 saturated carbocycles.